The Balaban J connectivity index is 1.66. The molecule has 2 aromatic heterocycles. The smallest absolute Gasteiger partial charge is 0.272 e. The summed E-state index contributed by atoms with van der Waals surface area (Å²) >= 11 is 0. The van der Waals surface area contributed by atoms with Gasteiger partial charge in [-0.25, -0.2) is 0 Å². The molecule has 28 heavy (non-hydrogen) atoms. The average Bonchev–Trinajstić information content (AvgIpc) is 3.30. The van der Waals surface area contributed by atoms with Crippen LogP contribution < -0.4 is 0 Å². The molecule has 0 N–H and O–H groups in total. The van der Waals surface area contributed by atoms with Gasteiger partial charge in [0.05, 0.1) is 11.2 Å². The number of fused-ring (bicyclic) bond motifs is 1. The fraction of sp³-hybridized carbons (Fsp3) is 0.478. The third-order valence-corrected chi connectivity index (χ3v) is 5.42. The van der Waals surface area contributed by atoms with Gasteiger partial charge in [-0.3, -0.25) is 9.48 Å². The maximum Gasteiger partial charge on any atom is 0.272 e. The third-order valence-electron chi connectivity index (χ3n) is 5.42. The minimum Gasteiger partial charge on any atom is -0.461 e. The predicted octanol–water partition coefficient (Wildman–Crippen LogP) is 5.10. The van der Waals surface area contributed by atoms with Gasteiger partial charge in [-0.05, 0) is 45.7 Å². The van der Waals surface area contributed by atoms with Crippen molar-refractivity contribution >= 4 is 16.9 Å². The summed E-state index contributed by atoms with van der Waals surface area (Å²) in [5.74, 6) is 1.47. The van der Waals surface area contributed by atoms with Crippen LogP contribution in [0.4, 0.5) is 0 Å². The number of carbonyl (C=O) groups excluding carboxylic acids is 1. The van der Waals surface area contributed by atoms with E-state index in [-0.39, 0.29) is 11.4 Å². The minimum atomic E-state index is -0.240. The van der Waals surface area contributed by atoms with E-state index in [9.17, 15) is 4.79 Å². The molecular formula is C23H29N3O2. The normalized spacial score (nSPS) is 14.6. The van der Waals surface area contributed by atoms with Gasteiger partial charge in [0.15, 0.2) is 0 Å². The van der Waals surface area contributed by atoms with Gasteiger partial charge in [0, 0.05) is 36.9 Å². The zero-order chi connectivity index (χ0) is 20.1. The monoisotopic (exact) mass is 379 g/mol. The lowest BCUT2D eigenvalue weighted by atomic mass is 10.1. The van der Waals surface area contributed by atoms with E-state index in [0.717, 1.165) is 34.4 Å². The van der Waals surface area contributed by atoms with Crippen molar-refractivity contribution in [2.24, 2.45) is 0 Å². The molecule has 0 atom stereocenters. The summed E-state index contributed by atoms with van der Waals surface area (Å²) in [6, 6.07) is 10.0. The summed E-state index contributed by atoms with van der Waals surface area (Å²) in [5, 5.41) is 5.86. The number of aryl methyl sites for hydroxylation is 1. The molecule has 1 aliphatic rings. The fourth-order valence-corrected chi connectivity index (χ4v) is 3.75. The summed E-state index contributed by atoms with van der Waals surface area (Å²) in [5.41, 5.74) is 3.46. The third kappa shape index (κ3) is 3.34. The molecule has 1 aromatic carbocycles. The van der Waals surface area contributed by atoms with Crippen molar-refractivity contribution in [1.29, 1.82) is 0 Å². The van der Waals surface area contributed by atoms with E-state index < -0.39 is 0 Å². The number of carbonyl (C=O) groups is 1. The quantitative estimate of drug-likeness (QED) is 0.620. The van der Waals surface area contributed by atoms with Gasteiger partial charge in [-0.1, -0.05) is 25.1 Å². The molecule has 5 heteroatoms. The van der Waals surface area contributed by atoms with Crippen LogP contribution in [-0.2, 0) is 18.5 Å². The first-order chi connectivity index (χ1) is 13.3. The summed E-state index contributed by atoms with van der Waals surface area (Å²) < 4.78 is 7.90. The van der Waals surface area contributed by atoms with Crippen molar-refractivity contribution in [1.82, 2.24) is 14.7 Å². The molecule has 0 radical (unpaired) electrons. The molecule has 1 fully saturated rings. The highest BCUT2D eigenvalue weighted by Gasteiger charge is 2.32. The van der Waals surface area contributed by atoms with Gasteiger partial charge in [-0.15, -0.1) is 0 Å². The second-order valence-corrected chi connectivity index (χ2v) is 8.83. The van der Waals surface area contributed by atoms with Gasteiger partial charge in [0.1, 0.15) is 17.0 Å². The SMILES string of the molecule is CCc1oc2ccccc2c1CN(C)C(=O)c1cc(C2CC2)nn1C(C)(C)C. The first-order valence-corrected chi connectivity index (χ1v) is 10.1. The van der Waals surface area contributed by atoms with Crippen molar-refractivity contribution < 1.29 is 9.21 Å². The molecule has 4 rings (SSSR count). The van der Waals surface area contributed by atoms with E-state index in [2.05, 4.69) is 33.8 Å². The zero-order valence-corrected chi connectivity index (χ0v) is 17.5. The Morgan fingerprint density at radius 2 is 2.00 bits per heavy atom. The van der Waals surface area contributed by atoms with Gasteiger partial charge in [0.2, 0.25) is 0 Å². The molecular weight excluding hydrogens is 350 g/mol. The van der Waals surface area contributed by atoms with E-state index in [4.69, 9.17) is 9.52 Å². The number of hydrogen-bond acceptors (Lipinski definition) is 3. The number of rotatable bonds is 5. The largest absolute Gasteiger partial charge is 0.461 e. The molecule has 148 valence electrons. The Morgan fingerprint density at radius 3 is 2.64 bits per heavy atom. The van der Waals surface area contributed by atoms with Crippen molar-refractivity contribution in [2.75, 3.05) is 7.05 Å². The standard InChI is InChI=1S/C23H29N3O2/c1-6-20-17(16-9-7-8-10-21(16)28-20)14-25(5)22(27)19-13-18(15-11-12-15)24-26(19)23(2,3)4/h7-10,13,15H,6,11-12,14H2,1-5H3. The van der Waals surface area contributed by atoms with Crippen molar-refractivity contribution in [3.05, 3.63) is 53.0 Å². The molecule has 1 amide bonds. The van der Waals surface area contributed by atoms with Crippen molar-refractivity contribution in [2.45, 2.75) is 65.0 Å². The van der Waals surface area contributed by atoms with Crippen LogP contribution in [0.1, 0.15) is 74.0 Å². The van der Waals surface area contributed by atoms with Crippen LogP contribution in [0, 0.1) is 0 Å². The van der Waals surface area contributed by atoms with Gasteiger partial charge >= 0.3 is 0 Å². The predicted molar refractivity (Wildman–Crippen MR) is 111 cm³/mol. The molecule has 0 aliphatic heterocycles. The lowest BCUT2D eigenvalue weighted by Gasteiger charge is -2.24. The van der Waals surface area contributed by atoms with E-state index in [1.165, 1.54) is 12.8 Å². The second-order valence-electron chi connectivity index (χ2n) is 8.83. The number of para-hydroxylation sites is 1. The molecule has 1 aliphatic carbocycles. The van der Waals surface area contributed by atoms with E-state index in [1.54, 1.807) is 4.90 Å². The minimum absolute atomic E-state index is 0.00154. The van der Waals surface area contributed by atoms with Crippen LogP contribution in [0.5, 0.6) is 0 Å². The fourth-order valence-electron chi connectivity index (χ4n) is 3.75. The second kappa shape index (κ2) is 6.80. The lowest BCUT2D eigenvalue weighted by molar-refractivity contribution is 0.0764. The number of benzene rings is 1. The highest BCUT2D eigenvalue weighted by Crippen LogP contribution is 2.40. The number of aromatic nitrogens is 2. The average molecular weight is 380 g/mol. The maximum atomic E-state index is 13.4. The van der Waals surface area contributed by atoms with E-state index in [1.807, 2.05) is 36.0 Å². The van der Waals surface area contributed by atoms with Gasteiger partial charge < -0.3 is 9.32 Å². The summed E-state index contributed by atoms with van der Waals surface area (Å²) in [6.07, 6.45) is 3.15. The Bertz CT molecular complexity index is 1020. The molecule has 0 unspecified atom stereocenters. The van der Waals surface area contributed by atoms with Gasteiger partial charge in [0.25, 0.3) is 5.91 Å². The Labute approximate surface area is 166 Å². The maximum absolute atomic E-state index is 13.4. The summed E-state index contributed by atoms with van der Waals surface area (Å²) in [4.78, 5) is 15.1. The summed E-state index contributed by atoms with van der Waals surface area (Å²) in [7, 11) is 1.86. The molecule has 0 bridgehead atoms. The van der Waals surface area contributed by atoms with Crippen LogP contribution in [0.2, 0.25) is 0 Å². The Hall–Kier alpha value is -2.56. The number of amides is 1. The Kier molecular flexibility index (Phi) is 4.56. The molecule has 3 aromatic rings. The van der Waals surface area contributed by atoms with E-state index in [0.29, 0.717) is 18.2 Å². The van der Waals surface area contributed by atoms with Crippen LogP contribution >= 0.6 is 0 Å². The highest BCUT2D eigenvalue weighted by atomic mass is 16.3. The first-order valence-electron chi connectivity index (χ1n) is 10.1. The van der Waals surface area contributed by atoms with Crippen LogP contribution in [-0.4, -0.2) is 27.6 Å². The number of hydrogen-bond donors (Lipinski definition) is 0. The molecule has 0 saturated heterocycles. The molecule has 0 spiro atoms. The first kappa shape index (κ1) is 18.8. The lowest BCUT2D eigenvalue weighted by Crippen LogP contribution is -2.33. The van der Waals surface area contributed by atoms with Crippen LogP contribution in [0.15, 0.2) is 34.7 Å². The van der Waals surface area contributed by atoms with Gasteiger partial charge in [-0.2, -0.15) is 5.10 Å². The Morgan fingerprint density at radius 1 is 1.29 bits per heavy atom. The molecule has 5 nitrogen and oxygen atoms in total. The number of nitrogens with zero attached hydrogens (tertiary/aromatic N) is 3. The summed E-state index contributed by atoms with van der Waals surface area (Å²) in [6.45, 7) is 8.87. The van der Waals surface area contributed by atoms with Crippen LogP contribution in [0.25, 0.3) is 11.0 Å². The highest BCUT2D eigenvalue weighted by molar-refractivity contribution is 5.93. The molecule has 2 heterocycles. The van der Waals surface area contributed by atoms with E-state index >= 15 is 0 Å². The topological polar surface area (TPSA) is 51.3 Å². The van der Waals surface area contributed by atoms with Crippen LogP contribution in [0.3, 0.4) is 0 Å². The van der Waals surface area contributed by atoms with Crippen molar-refractivity contribution in [3.8, 4) is 0 Å². The number of furan rings is 1. The molecule has 1 saturated carbocycles. The zero-order valence-electron chi connectivity index (χ0n) is 17.5. The van der Waals surface area contributed by atoms with Crippen molar-refractivity contribution in [3.63, 3.8) is 0 Å².